The molecule has 0 spiro atoms. The van der Waals surface area contributed by atoms with E-state index in [0.717, 1.165) is 24.2 Å². The highest BCUT2D eigenvalue weighted by Gasteiger charge is 2.07. The number of pyridine rings is 1. The van der Waals surface area contributed by atoms with E-state index >= 15 is 0 Å². The molecule has 0 saturated heterocycles. The smallest absolute Gasteiger partial charge is 0.134 e. The Hall–Kier alpha value is -1.42. The van der Waals surface area contributed by atoms with Crippen molar-refractivity contribution in [1.29, 1.82) is 0 Å². The molecular weight excluding hydrogens is 300 g/mol. The van der Waals surface area contributed by atoms with Crippen molar-refractivity contribution in [2.75, 3.05) is 0 Å². The number of hydrogen-bond acceptors (Lipinski definition) is 3. The van der Waals surface area contributed by atoms with Gasteiger partial charge in [0.05, 0.1) is 5.52 Å². The molecule has 0 amide bonds. The summed E-state index contributed by atoms with van der Waals surface area (Å²) in [7, 11) is 0. The summed E-state index contributed by atoms with van der Waals surface area (Å²) in [4.78, 5) is 5.87. The van der Waals surface area contributed by atoms with Crippen molar-refractivity contribution >= 4 is 33.8 Å². The second-order valence-corrected chi connectivity index (χ2v) is 6.66. The van der Waals surface area contributed by atoms with Crippen molar-refractivity contribution in [1.82, 2.24) is 10.3 Å². The van der Waals surface area contributed by atoms with Crippen LogP contribution in [0.25, 0.3) is 10.9 Å². The van der Waals surface area contributed by atoms with Crippen LogP contribution in [0.15, 0.2) is 35.7 Å². The molecule has 0 fully saturated rings. The molecule has 2 heterocycles. The molecule has 0 aliphatic carbocycles. The Morgan fingerprint density at radius 1 is 1.19 bits per heavy atom. The van der Waals surface area contributed by atoms with Crippen LogP contribution >= 0.6 is 22.9 Å². The SMILES string of the molecule is Cc1cc(C)c2cc(CNCc3cccs3)c(Cl)nc2c1. The standard InChI is InChI=1S/C17H17ClN2S/c1-11-6-12(2)15-8-13(17(18)20-16(15)7-11)9-19-10-14-4-3-5-21-14/h3-8,19H,9-10H2,1-2H3. The van der Waals surface area contributed by atoms with E-state index < -0.39 is 0 Å². The van der Waals surface area contributed by atoms with E-state index in [0.29, 0.717) is 5.15 Å². The fourth-order valence-electron chi connectivity index (χ4n) is 2.51. The molecule has 0 aliphatic rings. The van der Waals surface area contributed by atoms with Crippen LogP contribution < -0.4 is 5.32 Å². The summed E-state index contributed by atoms with van der Waals surface area (Å²) in [6, 6.07) is 10.6. The van der Waals surface area contributed by atoms with Gasteiger partial charge in [-0.25, -0.2) is 4.98 Å². The lowest BCUT2D eigenvalue weighted by Crippen LogP contribution is -2.12. The van der Waals surface area contributed by atoms with Crippen LogP contribution in [-0.2, 0) is 13.1 Å². The van der Waals surface area contributed by atoms with E-state index in [2.05, 4.69) is 59.9 Å². The molecule has 21 heavy (non-hydrogen) atoms. The third-order valence-corrected chi connectivity index (χ3v) is 4.71. The van der Waals surface area contributed by atoms with Crippen molar-refractivity contribution < 1.29 is 0 Å². The summed E-state index contributed by atoms with van der Waals surface area (Å²) >= 11 is 8.08. The van der Waals surface area contributed by atoms with Crippen molar-refractivity contribution in [3.8, 4) is 0 Å². The minimum atomic E-state index is 0.589. The lowest BCUT2D eigenvalue weighted by atomic mass is 10.0. The molecule has 108 valence electrons. The van der Waals surface area contributed by atoms with Crippen LogP contribution in [0.5, 0.6) is 0 Å². The van der Waals surface area contributed by atoms with Gasteiger partial charge >= 0.3 is 0 Å². The molecule has 2 aromatic heterocycles. The molecule has 0 atom stereocenters. The maximum Gasteiger partial charge on any atom is 0.134 e. The summed E-state index contributed by atoms with van der Waals surface area (Å²) in [5.41, 5.74) is 4.48. The van der Waals surface area contributed by atoms with Crippen LogP contribution in [0.4, 0.5) is 0 Å². The van der Waals surface area contributed by atoms with E-state index in [4.69, 9.17) is 11.6 Å². The van der Waals surface area contributed by atoms with Crippen LogP contribution in [0.3, 0.4) is 0 Å². The fourth-order valence-corrected chi connectivity index (χ4v) is 3.39. The Balaban J connectivity index is 1.83. The van der Waals surface area contributed by atoms with Gasteiger partial charge in [-0.15, -0.1) is 11.3 Å². The van der Waals surface area contributed by atoms with Gasteiger partial charge in [-0.3, -0.25) is 0 Å². The van der Waals surface area contributed by atoms with Crippen LogP contribution in [0, 0.1) is 13.8 Å². The molecule has 2 nitrogen and oxygen atoms in total. The minimum Gasteiger partial charge on any atom is -0.308 e. The third kappa shape index (κ3) is 3.26. The van der Waals surface area contributed by atoms with Crippen LogP contribution in [0.1, 0.15) is 21.6 Å². The van der Waals surface area contributed by atoms with Gasteiger partial charge in [0.2, 0.25) is 0 Å². The summed E-state index contributed by atoms with van der Waals surface area (Å²) in [6.45, 7) is 5.79. The van der Waals surface area contributed by atoms with Gasteiger partial charge in [-0.2, -0.15) is 0 Å². The molecular formula is C17H17ClN2S. The van der Waals surface area contributed by atoms with Gasteiger partial charge in [-0.1, -0.05) is 23.7 Å². The number of aryl methyl sites for hydroxylation is 2. The summed E-state index contributed by atoms with van der Waals surface area (Å²) in [5.74, 6) is 0. The second-order valence-electron chi connectivity index (χ2n) is 5.27. The Morgan fingerprint density at radius 3 is 2.81 bits per heavy atom. The first-order valence-corrected chi connectivity index (χ1v) is 8.19. The Morgan fingerprint density at radius 2 is 2.05 bits per heavy atom. The predicted octanol–water partition coefficient (Wildman–Crippen LogP) is 4.86. The molecule has 0 saturated carbocycles. The highest BCUT2D eigenvalue weighted by molar-refractivity contribution is 7.09. The van der Waals surface area contributed by atoms with Crippen LogP contribution in [-0.4, -0.2) is 4.98 Å². The number of halogens is 1. The van der Waals surface area contributed by atoms with Crippen molar-refractivity contribution in [2.24, 2.45) is 0 Å². The lowest BCUT2D eigenvalue weighted by molar-refractivity contribution is 0.700. The zero-order valence-corrected chi connectivity index (χ0v) is 13.7. The highest BCUT2D eigenvalue weighted by Crippen LogP contribution is 2.24. The topological polar surface area (TPSA) is 24.9 Å². The number of nitrogens with zero attached hydrogens (tertiary/aromatic N) is 1. The predicted molar refractivity (Wildman–Crippen MR) is 91.1 cm³/mol. The Kier molecular flexibility index (Phi) is 4.24. The maximum atomic E-state index is 6.32. The highest BCUT2D eigenvalue weighted by atomic mass is 35.5. The van der Waals surface area contributed by atoms with Gasteiger partial charge in [0.1, 0.15) is 5.15 Å². The first kappa shape index (κ1) is 14.5. The maximum absolute atomic E-state index is 6.32. The molecule has 1 N–H and O–H groups in total. The number of benzene rings is 1. The fraction of sp³-hybridized carbons (Fsp3) is 0.235. The van der Waals surface area contributed by atoms with Gasteiger partial charge in [0, 0.05) is 28.9 Å². The molecule has 4 heteroatoms. The average molecular weight is 317 g/mol. The number of rotatable bonds is 4. The van der Waals surface area contributed by atoms with Crippen LogP contribution in [0.2, 0.25) is 5.15 Å². The average Bonchev–Trinajstić information content (AvgIpc) is 2.93. The van der Waals surface area contributed by atoms with Crippen molar-refractivity contribution in [3.63, 3.8) is 0 Å². The van der Waals surface area contributed by atoms with Gasteiger partial charge in [-0.05, 0) is 48.6 Å². The minimum absolute atomic E-state index is 0.589. The van der Waals surface area contributed by atoms with E-state index in [9.17, 15) is 0 Å². The molecule has 0 radical (unpaired) electrons. The van der Waals surface area contributed by atoms with E-state index in [1.54, 1.807) is 11.3 Å². The molecule has 3 rings (SSSR count). The normalized spacial score (nSPS) is 11.2. The van der Waals surface area contributed by atoms with E-state index in [-0.39, 0.29) is 0 Å². The second kappa shape index (κ2) is 6.14. The molecule has 0 aliphatic heterocycles. The number of thiophene rings is 1. The number of hydrogen-bond donors (Lipinski definition) is 1. The van der Waals surface area contributed by atoms with Gasteiger partial charge in [0.25, 0.3) is 0 Å². The first-order chi connectivity index (χ1) is 10.1. The number of aromatic nitrogens is 1. The zero-order valence-electron chi connectivity index (χ0n) is 12.1. The molecule has 1 aromatic carbocycles. The van der Waals surface area contributed by atoms with E-state index in [1.165, 1.54) is 21.4 Å². The lowest BCUT2D eigenvalue weighted by Gasteiger charge is -2.10. The Labute approximate surface area is 133 Å². The monoisotopic (exact) mass is 316 g/mol. The molecule has 3 aromatic rings. The number of fused-ring (bicyclic) bond motifs is 1. The Bertz CT molecular complexity index is 766. The molecule has 0 bridgehead atoms. The van der Waals surface area contributed by atoms with Gasteiger partial charge < -0.3 is 5.32 Å². The summed E-state index contributed by atoms with van der Waals surface area (Å²) < 4.78 is 0. The quantitative estimate of drug-likeness (QED) is 0.695. The first-order valence-electron chi connectivity index (χ1n) is 6.93. The zero-order chi connectivity index (χ0) is 14.8. The number of nitrogens with one attached hydrogen (secondary N) is 1. The third-order valence-electron chi connectivity index (χ3n) is 3.51. The van der Waals surface area contributed by atoms with Crippen molar-refractivity contribution in [2.45, 2.75) is 26.9 Å². The van der Waals surface area contributed by atoms with Gasteiger partial charge in [0.15, 0.2) is 0 Å². The van der Waals surface area contributed by atoms with Crippen molar-refractivity contribution in [3.05, 3.63) is 62.4 Å². The largest absolute Gasteiger partial charge is 0.308 e. The summed E-state index contributed by atoms with van der Waals surface area (Å²) in [5, 5.41) is 7.28. The van der Waals surface area contributed by atoms with E-state index in [1.807, 2.05) is 0 Å². The molecule has 0 unspecified atom stereocenters. The summed E-state index contributed by atoms with van der Waals surface area (Å²) in [6.07, 6.45) is 0.